The van der Waals surface area contributed by atoms with E-state index < -0.39 is 0 Å². The molecule has 1 aliphatic heterocycles. The quantitative estimate of drug-likeness (QED) is 0.481. The normalized spacial score (nSPS) is 15.9. The third kappa shape index (κ3) is 4.20. The van der Waals surface area contributed by atoms with Crippen LogP contribution < -0.4 is 10.1 Å². The van der Waals surface area contributed by atoms with Crippen LogP contribution in [0, 0.1) is 0 Å². The average Bonchev–Trinajstić information content (AvgIpc) is 3.42. The summed E-state index contributed by atoms with van der Waals surface area (Å²) in [5.41, 5.74) is 2.71. The first-order valence-electron chi connectivity index (χ1n) is 10.1. The second-order valence-corrected chi connectivity index (χ2v) is 8.47. The maximum atomic E-state index is 11.7. The number of hydrogen-bond donors (Lipinski definition) is 1. The number of rotatable bonds is 5. The van der Waals surface area contributed by atoms with Crippen molar-refractivity contribution in [3.05, 3.63) is 66.6 Å². The van der Waals surface area contributed by atoms with Crippen LogP contribution in [-0.4, -0.2) is 38.8 Å². The van der Waals surface area contributed by atoms with Gasteiger partial charge >= 0.3 is 0 Å². The van der Waals surface area contributed by atoms with Gasteiger partial charge in [0.15, 0.2) is 5.13 Å². The van der Waals surface area contributed by atoms with Gasteiger partial charge in [-0.2, -0.15) is 0 Å². The Morgan fingerprint density at radius 2 is 1.94 bits per heavy atom. The minimum atomic E-state index is 0.0880. The zero-order chi connectivity index (χ0) is 21.2. The van der Waals surface area contributed by atoms with Gasteiger partial charge in [-0.05, 0) is 42.8 Å². The molecule has 7 nitrogen and oxygen atoms in total. The Bertz CT molecular complexity index is 1190. The van der Waals surface area contributed by atoms with E-state index in [1.807, 2.05) is 47.4 Å². The van der Waals surface area contributed by atoms with Gasteiger partial charge in [0.2, 0.25) is 11.8 Å². The largest absolute Gasteiger partial charge is 0.437 e. The lowest BCUT2D eigenvalue weighted by atomic mass is 10.1. The molecule has 1 saturated heterocycles. The van der Waals surface area contributed by atoms with Crippen molar-refractivity contribution in [2.45, 2.75) is 19.3 Å². The molecule has 0 spiro atoms. The number of ether oxygens (including phenoxy) is 1. The Balaban J connectivity index is 1.29. The van der Waals surface area contributed by atoms with Gasteiger partial charge in [-0.25, -0.2) is 9.97 Å². The van der Waals surface area contributed by atoms with Crippen molar-refractivity contribution in [2.75, 3.05) is 18.4 Å². The molecule has 1 N–H and O–H groups in total. The first-order valence-corrected chi connectivity index (χ1v) is 10.9. The van der Waals surface area contributed by atoms with Crippen LogP contribution in [0.2, 0.25) is 0 Å². The molecule has 4 aromatic rings. The van der Waals surface area contributed by atoms with Crippen LogP contribution in [0.1, 0.15) is 25.0 Å². The molecule has 1 aliphatic rings. The molecule has 5 rings (SSSR count). The lowest BCUT2D eigenvalue weighted by Gasteiger charge is -2.15. The van der Waals surface area contributed by atoms with Crippen LogP contribution in [0.15, 0.2) is 60.9 Å². The monoisotopic (exact) mass is 431 g/mol. The van der Waals surface area contributed by atoms with E-state index in [0.717, 1.165) is 39.7 Å². The van der Waals surface area contributed by atoms with E-state index in [-0.39, 0.29) is 11.8 Å². The van der Waals surface area contributed by atoms with Gasteiger partial charge in [0, 0.05) is 44.0 Å². The summed E-state index contributed by atoms with van der Waals surface area (Å²) in [4.78, 5) is 27.0. The molecule has 1 amide bonds. The molecule has 2 aromatic heterocycles. The van der Waals surface area contributed by atoms with Crippen molar-refractivity contribution < 1.29 is 9.53 Å². The van der Waals surface area contributed by atoms with E-state index >= 15 is 0 Å². The fourth-order valence-electron chi connectivity index (χ4n) is 3.73. The fourth-order valence-corrected chi connectivity index (χ4v) is 4.62. The number of carbonyl (C=O) groups is 1. The van der Waals surface area contributed by atoms with E-state index in [4.69, 9.17) is 4.74 Å². The number of likely N-dealkylation sites (tertiary alicyclic amines) is 1. The van der Waals surface area contributed by atoms with E-state index in [2.05, 4.69) is 26.3 Å². The predicted molar refractivity (Wildman–Crippen MR) is 121 cm³/mol. The number of fused-ring (bicyclic) bond motifs is 1. The molecule has 2 aromatic carbocycles. The maximum absolute atomic E-state index is 11.7. The summed E-state index contributed by atoms with van der Waals surface area (Å²) in [6.45, 7) is 2.98. The third-order valence-corrected chi connectivity index (χ3v) is 6.28. The van der Waals surface area contributed by atoms with E-state index in [1.54, 1.807) is 30.7 Å². The number of benzene rings is 2. The lowest BCUT2D eigenvalue weighted by Crippen LogP contribution is -2.25. The molecule has 3 heterocycles. The summed E-state index contributed by atoms with van der Waals surface area (Å²) >= 11 is 1.62. The van der Waals surface area contributed by atoms with Gasteiger partial charge in [-0.15, -0.1) is 0 Å². The summed E-state index contributed by atoms with van der Waals surface area (Å²) in [6, 6.07) is 15.8. The van der Waals surface area contributed by atoms with E-state index in [1.165, 1.54) is 0 Å². The van der Waals surface area contributed by atoms with Gasteiger partial charge in [-0.3, -0.25) is 9.78 Å². The highest BCUT2D eigenvalue weighted by Gasteiger charge is 2.29. The summed E-state index contributed by atoms with van der Waals surface area (Å²) in [5.74, 6) is 1.39. The Labute approximate surface area is 183 Å². The van der Waals surface area contributed by atoms with Crippen molar-refractivity contribution in [1.82, 2.24) is 19.9 Å². The molecule has 0 saturated carbocycles. The van der Waals surface area contributed by atoms with Gasteiger partial charge in [-0.1, -0.05) is 23.5 Å². The smallest absolute Gasteiger partial charge is 0.241 e. The van der Waals surface area contributed by atoms with Crippen LogP contribution in [0.4, 0.5) is 10.8 Å². The van der Waals surface area contributed by atoms with Crippen molar-refractivity contribution in [3.63, 3.8) is 0 Å². The standard InChI is InChI=1S/C23H21N5O2S/c1-15(29)28-13-10-16(14-28)21-22(25-12-11-24-21)30-18-8-6-17(7-9-18)26-23-27-19-4-2-3-5-20(19)31-23/h2-9,11-12,16H,10,13-14H2,1H3,(H,26,27)/t16-/m1/s1. The second kappa shape index (κ2) is 8.31. The molecule has 0 aliphatic carbocycles. The van der Waals surface area contributed by atoms with Gasteiger partial charge in [0.05, 0.1) is 10.2 Å². The number of carbonyl (C=O) groups excluding carboxylic acids is 1. The number of nitrogens with zero attached hydrogens (tertiary/aromatic N) is 4. The van der Waals surface area contributed by atoms with Gasteiger partial charge < -0.3 is 15.0 Å². The molecular formula is C23H21N5O2S. The summed E-state index contributed by atoms with van der Waals surface area (Å²) in [6.07, 6.45) is 4.16. The van der Waals surface area contributed by atoms with Crippen LogP contribution in [-0.2, 0) is 4.79 Å². The molecule has 1 fully saturated rings. The molecule has 0 bridgehead atoms. The number of thiazole rings is 1. The lowest BCUT2D eigenvalue weighted by molar-refractivity contribution is -0.127. The van der Waals surface area contributed by atoms with Crippen LogP contribution in [0.5, 0.6) is 11.6 Å². The van der Waals surface area contributed by atoms with Crippen LogP contribution >= 0.6 is 11.3 Å². The van der Waals surface area contributed by atoms with Gasteiger partial charge in [0.1, 0.15) is 11.4 Å². The van der Waals surface area contributed by atoms with Crippen molar-refractivity contribution >= 4 is 38.3 Å². The van der Waals surface area contributed by atoms with Crippen LogP contribution in [0.25, 0.3) is 10.2 Å². The highest BCUT2D eigenvalue weighted by Crippen LogP contribution is 2.34. The summed E-state index contributed by atoms with van der Waals surface area (Å²) in [7, 11) is 0. The molecule has 8 heteroatoms. The summed E-state index contributed by atoms with van der Waals surface area (Å²) < 4.78 is 7.20. The average molecular weight is 432 g/mol. The Morgan fingerprint density at radius 3 is 2.71 bits per heavy atom. The third-order valence-electron chi connectivity index (χ3n) is 5.33. The Kier molecular flexibility index (Phi) is 5.21. The molecule has 0 unspecified atom stereocenters. The van der Waals surface area contributed by atoms with Crippen molar-refractivity contribution in [3.8, 4) is 11.6 Å². The van der Waals surface area contributed by atoms with Crippen molar-refractivity contribution in [2.24, 2.45) is 0 Å². The fraction of sp³-hybridized carbons (Fsp3) is 0.217. The van der Waals surface area contributed by atoms with E-state index in [9.17, 15) is 4.79 Å². The first kappa shape index (κ1) is 19.4. The molecule has 31 heavy (non-hydrogen) atoms. The molecule has 0 radical (unpaired) electrons. The number of anilines is 2. The van der Waals surface area contributed by atoms with Gasteiger partial charge in [0.25, 0.3) is 0 Å². The molecule has 1 atom stereocenters. The molecular weight excluding hydrogens is 410 g/mol. The summed E-state index contributed by atoms with van der Waals surface area (Å²) in [5, 5.41) is 4.19. The first-order chi connectivity index (χ1) is 15.2. The number of para-hydroxylation sites is 1. The number of aromatic nitrogens is 3. The van der Waals surface area contributed by atoms with Crippen molar-refractivity contribution in [1.29, 1.82) is 0 Å². The number of nitrogens with one attached hydrogen (secondary N) is 1. The topological polar surface area (TPSA) is 80.2 Å². The molecule has 156 valence electrons. The van der Waals surface area contributed by atoms with E-state index in [0.29, 0.717) is 18.2 Å². The maximum Gasteiger partial charge on any atom is 0.241 e. The second-order valence-electron chi connectivity index (χ2n) is 7.44. The zero-order valence-corrected chi connectivity index (χ0v) is 17.8. The Morgan fingerprint density at radius 1 is 1.13 bits per heavy atom. The zero-order valence-electron chi connectivity index (χ0n) is 17.0. The van der Waals surface area contributed by atoms with Crippen LogP contribution in [0.3, 0.4) is 0 Å². The predicted octanol–water partition coefficient (Wildman–Crippen LogP) is 4.96. The Hall–Kier alpha value is -3.52. The highest BCUT2D eigenvalue weighted by atomic mass is 32.1. The number of hydrogen-bond acceptors (Lipinski definition) is 7. The minimum Gasteiger partial charge on any atom is -0.437 e. The SMILES string of the molecule is CC(=O)N1CC[C@@H](c2nccnc2Oc2ccc(Nc3nc4ccccc4s3)cc2)C1. The number of amides is 1. The highest BCUT2D eigenvalue weighted by molar-refractivity contribution is 7.22. The minimum absolute atomic E-state index is 0.0880.